The van der Waals surface area contributed by atoms with Crippen LogP contribution < -0.4 is 5.32 Å². The van der Waals surface area contributed by atoms with Gasteiger partial charge in [-0.2, -0.15) is 0 Å². The number of halogens is 2. The molecule has 0 radical (unpaired) electrons. The third kappa shape index (κ3) is 18.3. The van der Waals surface area contributed by atoms with Gasteiger partial charge in [-0.25, -0.2) is 13.6 Å². The summed E-state index contributed by atoms with van der Waals surface area (Å²) in [4.78, 5) is 46.1. The van der Waals surface area contributed by atoms with E-state index in [1.54, 1.807) is 0 Å². The molecule has 3 atom stereocenters. The van der Waals surface area contributed by atoms with Gasteiger partial charge in [-0.05, 0) is 120 Å². The summed E-state index contributed by atoms with van der Waals surface area (Å²) < 4.78 is 27.1. The number of likely N-dealkylation sites (tertiary alicyclic amines) is 2. The summed E-state index contributed by atoms with van der Waals surface area (Å²) in [6.45, 7) is 18.2. The minimum Gasteiger partial charge on any atom is -0.480 e. The average molecular weight is 900 g/mol. The van der Waals surface area contributed by atoms with Gasteiger partial charge < -0.3 is 25.1 Å². The first-order chi connectivity index (χ1) is 31.4. The summed E-state index contributed by atoms with van der Waals surface area (Å²) in [5, 5.41) is 13.0. The van der Waals surface area contributed by atoms with Gasteiger partial charge in [0.25, 0.3) is 0 Å². The minimum atomic E-state index is -0.912. The zero-order valence-electron chi connectivity index (χ0n) is 39.9. The Balaban J connectivity index is 0.000000382. The SMILES string of the molecule is C=C(CC)CC(=O)N(CC)C(C)CC.O=C(O)[C@@H](C1CCCCC1)N1CCC(CN2CCC(N(CCCCc3ccccc3)C(=O)NCc3ccc(F)c(F)c3)CC2)C1.c1ccccc1. The fourth-order valence-electron chi connectivity index (χ4n) is 9.56. The molecule has 0 spiro atoms. The standard InChI is InChI=1S/C36H50F2N4O3.C12H23NO.C6H6/c37-32-15-14-28(23-33(32)38)24-39-36(45)42(19-8-7-11-27-9-3-1-4-10-27)31-17-20-40(21-18-31)25-29-16-22-41(26-29)34(35(43)44)30-12-5-2-6-13-30;1-6-10(4)9-12(14)13(8-3)11(5)7-2;1-2-4-6-5-3-1/h1,3-4,9-10,14-15,23,29-31,34H,2,5-8,11-13,16-22,24-26H2,(H,39,45)(H,43,44);11H,4,6-9H2,1-3,5H3;1-6H/t29?,34-;;/m1../s1. The largest absolute Gasteiger partial charge is 0.480 e. The molecule has 3 fully saturated rings. The van der Waals surface area contributed by atoms with Gasteiger partial charge in [-0.1, -0.05) is 118 Å². The summed E-state index contributed by atoms with van der Waals surface area (Å²) in [7, 11) is 0. The van der Waals surface area contributed by atoms with E-state index >= 15 is 0 Å². The van der Waals surface area contributed by atoms with Crippen molar-refractivity contribution in [2.24, 2.45) is 11.8 Å². The van der Waals surface area contributed by atoms with Crippen LogP contribution in [0.25, 0.3) is 0 Å². The third-order valence-corrected chi connectivity index (χ3v) is 13.6. The number of carbonyl (C=O) groups is 3. The lowest BCUT2D eigenvalue weighted by Crippen LogP contribution is -2.51. The van der Waals surface area contributed by atoms with E-state index in [0.717, 1.165) is 134 Å². The Labute approximate surface area is 389 Å². The Morgan fingerprint density at radius 1 is 0.815 bits per heavy atom. The number of aliphatic carboxylic acids is 1. The molecule has 3 aromatic carbocycles. The molecule has 3 aromatic rings. The van der Waals surface area contributed by atoms with Crippen LogP contribution in [0.2, 0.25) is 0 Å². The van der Waals surface area contributed by atoms with E-state index in [9.17, 15) is 28.3 Å². The molecule has 0 bridgehead atoms. The van der Waals surface area contributed by atoms with Crippen LogP contribution >= 0.6 is 0 Å². The van der Waals surface area contributed by atoms with Gasteiger partial charge in [0.15, 0.2) is 11.6 Å². The van der Waals surface area contributed by atoms with Crippen molar-refractivity contribution in [3.8, 4) is 0 Å². The highest BCUT2D eigenvalue weighted by Crippen LogP contribution is 2.32. The normalized spacial score (nSPS) is 18.0. The van der Waals surface area contributed by atoms with Crippen LogP contribution in [0, 0.1) is 23.5 Å². The highest BCUT2D eigenvalue weighted by molar-refractivity contribution is 5.79. The number of aryl methyl sites for hydroxylation is 1. The molecule has 3 amide bonds. The molecule has 2 unspecified atom stereocenters. The molecule has 2 N–H and O–H groups in total. The second-order valence-electron chi connectivity index (χ2n) is 18.3. The van der Waals surface area contributed by atoms with Crippen LogP contribution in [-0.4, -0.2) is 107 Å². The molecule has 1 saturated carbocycles. The number of unbranched alkanes of at least 4 members (excludes halogenated alkanes) is 1. The number of carbonyl (C=O) groups excluding carboxylic acids is 2. The molecule has 2 saturated heterocycles. The van der Waals surface area contributed by atoms with Crippen LogP contribution in [-0.2, 0) is 22.6 Å². The number of amides is 3. The van der Waals surface area contributed by atoms with E-state index in [0.29, 0.717) is 30.5 Å². The van der Waals surface area contributed by atoms with E-state index in [-0.39, 0.29) is 36.5 Å². The minimum absolute atomic E-state index is 0.116. The van der Waals surface area contributed by atoms with E-state index in [2.05, 4.69) is 47.7 Å². The smallest absolute Gasteiger partial charge is 0.321 e. The number of benzene rings is 3. The first-order valence-electron chi connectivity index (χ1n) is 24.6. The second kappa shape index (κ2) is 29.1. The van der Waals surface area contributed by atoms with Gasteiger partial charge in [0, 0.05) is 64.3 Å². The fourth-order valence-corrected chi connectivity index (χ4v) is 9.56. The maximum atomic E-state index is 13.7. The van der Waals surface area contributed by atoms with Crippen LogP contribution in [0.5, 0.6) is 0 Å². The number of nitrogens with zero attached hydrogens (tertiary/aromatic N) is 4. The Bertz CT molecular complexity index is 1810. The van der Waals surface area contributed by atoms with Gasteiger partial charge in [0.1, 0.15) is 6.04 Å². The summed E-state index contributed by atoms with van der Waals surface area (Å²) in [5.41, 5.74) is 2.84. The van der Waals surface area contributed by atoms with E-state index in [1.165, 1.54) is 18.1 Å². The van der Waals surface area contributed by atoms with E-state index in [1.807, 2.05) is 78.2 Å². The number of hydrogen-bond acceptors (Lipinski definition) is 5. The molecule has 65 heavy (non-hydrogen) atoms. The predicted molar refractivity (Wildman–Crippen MR) is 259 cm³/mol. The Kier molecular flexibility index (Phi) is 23.7. The number of carboxylic acid groups (broad SMARTS) is 1. The highest BCUT2D eigenvalue weighted by Gasteiger charge is 2.39. The number of carboxylic acids is 1. The molecule has 0 aromatic heterocycles. The molecular formula is C54H79F2N5O4. The topological polar surface area (TPSA) is 96.4 Å². The lowest BCUT2D eigenvalue weighted by atomic mass is 9.83. The zero-order valence-corrected chi connectivity index (χ0v) is 39.9. The molecule has 9 nitrogen and oxygen atoms in total. The number of hydrogen-bond donors (Lipinski definition) is 2. The first kappa shape index (κ1) is 53.0. The molecule has 2 heterocycles. The maximum Gasteiger partial charge on any atom is 0.321 e. The highest BCUT2D eigenvalue weighted by atomic mass is 19.2. The van der Waals surface area contributed by atoms with Crippen molar-refractivity contribution >= 4 is 17.9 Å². The summed E-state index contributed by atoms with van der Waals surface area (Å²) >= 11 is 0. The van der Waals surface area contributed by atoms with Crippen molar-refractivity contribution < 1.29 is 28.3 Å². The van der Waals surface area contributed by atoms with Crippen molar-refractivity contribution in [2.75, 3.05) is 45.8 Å². The molecule has 6 rings (SSSR count). The van der Waals surface area contributed by atoms with Crippen molar-refractivity contribution in [1.82, 2.24) is 24.9 Å². The fraction of sp³-hybridized carbons (Fsp3) is 0.574. The predicted octanol–water partition coefficient (Wildman–Crippen LogP) is 11.0. The van der Waals surface area contributed by atoms with Crippen molar-refractivity contribution in [1.29, 1.82) is 0 Å². The van der Waals surface area contributed by atoms with Crippen LogP contribution in [0.3, 0.4) is 0 Å². The quantitative estimate of drug-likeness (QED) is 0.0919. The van der Waals surface area contributed by atoms with Gasteiger partial charge >= 0.3 is 12.0 Å². The van der Waals surface area contributed by atoms with Crippen LogP contribution in [0.4, 0.5) is 13.6 Å². The van der Waals surface area contributed by atoms with Gasteiger partial charge in [-0.15, -0.1) is 0 Å². The van der Waals surface area contributed by atoms with Crippen LogP contribution in [0.15, 0.2) is 97.1 Å². The zero-order chi connectivity index (χ0) is 47.0. The molecule has 358 valence electrons. The number of nitrogens with one attached hydrogen (secondary N) is 1. The average Bonchev–Trinajstić information content (AvgIpc) is 3.78. The van der Waals surface area contributed by atoms with Crippen molar-refractivity contribution in [2.45, 2.75) is 142 Å². The van der Waals surface area contributed by atoms with Gasteiger partial charge in [0.05, 0.1) is 0 Å². The summed E-state index contributed by atoms with van der Waals surface area (Å²) in [5.74, 6) is -1.50. The van der Waals surface area contributed by atoms with E-state index in [4.69, 9.17) is 0 Å². The van der Waals surface area contributed by atoms with Crippen LogP contribution in [0.1, 0.15) is 122 Å². The van der Waals surface area contributed by atoms with Crippen molar-refractivity contribution in [3.63, 3.8) is 0 Å². The van der Waals surface area contributed by atoms with E-state index < -0.39 is 17.6 Å². The molecule has 11 heteroatoms. The lowest BCUT2D eigenvalue weighted by molar-refractivity contribution is -0.145. The maximum absolute atomic E-state index is 13.7. The lowest BCUT2D eigenvalue weighted by Gasteiger charge is -2.39. The second-order valence-corrected chi connectivity index (χ2v) is 18.3. The van der Waals surface area contributed by atoms with Gasteiger partial charge in [0.2, 0.25) is 5.91 Å². The Morgan fingerprint density at radius 3 is 2.05 bits per heavy atom. The Morgan fingerprint density at radius 2 is 1.46 bits per heavy atom. The Hall–Kier alpha value is -4.61. The first-order valence-corrected chi connectivity index (χ1v) is 24.6. The van der Waals surface area contributed by atoms with Gasteiger partial charge in [-0.3, -0.25) is 14.5 Å². The monoisotopic (exact) mass is 900 g/mol. The molecule has 3 aliphatic rings. The molecular weight excluding hydrogens is 821 g/mol. The van der Waals surface area contributed by atoms with Crippen molar-refractivity contribution in [3.05, 3.63) is 120 Å². The number of piperidine rings is 1. The summed E-state index contributed by atoms with van der Waals surface area (Å²) in [6, 6.07) is 26.0. The third-order valence-electron chi connectivity index (χ3n) is 13.6. The molecule has 2 aliphatic heterocycles. The molecule has 1 aliphatic carbocycles. The number of rotatable bonds is 19. The summed E-state index contributed by atoms with van der Waals surface area (Å²) in [6.07, 6.45) is 13.6. The number of urea groups is 1.